The van der Waals surface area contributed by atoms with Crippen LogP contribution < -0.4 is 5.32 Å². The van der Waals surface area contributed by atoms with Crippen LogP contribution in [0.5, 0.6) is 0 Å². The maximum Gasteiger partial charge on any atom is 0.238 e. The van der Waals surface area contributed by atoms with Gasteiger partial charge in [-0.3, -0.25) is 4.79 Å². The molecule has 0 saturated carbocycles. The van der Waals surface area contributed by atoms with Crippen LogP contribution in [0.1, 0.15) is 6.42 Å². The quantitative estimate of drug-likeness (QED) is 0.808. The molecule has 0 fully saturated rings. The van der Waals surface area contributed by atoms with Crippen molar-refractivity contribution in [3.05, 3.63) is 30.5 Å². The largest absolute Gasteiger partial charge is 0.464 e. The van der Waals surface area contributed by atoms with Crippen molar-refractivity contribution in [1.82, 2.24) is 0 Å². The third kappa shape index (κ3) is 1.81. The molecule has 1 aromatic heterocycles. The molecule has 15 heavy (non-hydrogen) atoms. The van der Waals surface area contributed by atoms with E-state index >= 15 is 0 Å². The van der Waals surface area contributed by atoms with Crippen LogP contribution in [0, 0.1) is 11.3 Å². The van der Waals surface area contributed by atoms with E-state index in [1.165, 1.54) is 0 Å². The molecule has 74 valence electrons. The summed E-state index contributed by atoms with van der Waals surface area (Å²) < 4.78 is 5.18. The highest BCUT2D eigenvalue weighted by atomic mass is 16.3. The Labute approximate surface area is 86.1 Å². The summed E-state index contributed by atoms with van der Waals surface area (Å²) in [4.78, 5) is 11.2. The first-order chi connectivity index (χ1) is 7.31. The van der Waals surface area contributed by atoms with E-state index in [4.69, 9.17) is 9.68 Å². The zero-order valence-corrected chi connectivity index (χ0v) is 7.86. The van der Waals surface area contributed by atoms with Gasteiger partial charge in [-0.15, -0.1) is 0 Å². The number of nitrogens with zero attached hydrogens (tertiary/aromatic N) is 1. The van der Waals surface area contributed by atoms with Gasteiger partial charge in [-0.05, 0) is 18.2 Å². The van der Waals surface area contributed by atoms with Crippen LogP contribution in [0.2, 0.25) is 0 Å². The monoisotopic (exact) mass is 200 g/mol. The number of anilines is 1. The molecule has 2 rings (SSSR count). The van der Waals surface area contributed by atoms with Crippen LogP contribution in [0.4, 0.5) is 5.69 Å². The topological polar surface area (TPSA) is 66.0 Å². The SMILES string of the molecule is N#CCC(=O)Nc1cccc2occc12. The van der Waals surface area contributed by atoms with Crippen molar-refractivity contribution < 1.29 is 9.21 Å². The summed E-state index contributed by atoms with van der Waals surface area (Å²) in [6, 6.07) is 8.94. The van der Waals surface area contributed by atoms with Crippen LogP contribution >= 0.6 is 0 Å². The van der Waals surface area contributed by atoms with Gasteiger partial charge in [0.25, 0.3) is 0 Å². The van der Waals surface area contributed by atoms with Crippen molar-refractivity contribution in [2.24, 2.45) is 0 Å². The number of nitrogens with one attached hydrogen (secondary N) is 1. The Bertz CT molecular complexity index is 537. The van der Waals surface area contributed by atoms with Crippen molar-refractivity contribution in [1.29, 1.82) is 5.26 Å². The van der Waals surface area contributed by atoms with Crippen molar-refractivity contribution in [3.63, 3.8) is 0 Å². The van der Waals surface area contributed by atoms with Gasteiger partial charge in [0.2, 0.25) is 5.91 Å². The van der Waals surface area contributed by atoms with Crippen LogP contribution in [-0.4, -0.2) is 5.91 Å². The molecule has 2 aromatic rings. The molecular weight excluding hydrogens is 192 g/mol. The van der Waals surface area contributed by atoms with Crippen LogP contribution in [0.15, 0.2) is 34.9 Å². The lowest BCUT2D eigenvalue weighted by molar-refractivity contribution is -0.115. The van der Waals surface area contributed by atoms with Crippen LogP contribution in [0.25, 0.3) is 11.0 Å². The second-order valence-corrected chi connectivity index (χ2v) is 3.02. The highest BCUT2D eigenvalue weighted by molar-refractivity contribution is 6.01. The van der Waals surface area contributed by atoms with Gasteiger partial charge >= 0.3 is 0 Å². The highest BCUT2D eigenvalue weighted by Gasteiger charge is 2.06. The van der Waals surface area contributed by atoms with Gasteiger partial charge in [0.15, 0.2) is 0 Å². The normalized spacial score (nSPS) is 9.80. The van der Waals surface area contributed by atoms with Crippen molar-refractivity contribution in [2.75, 3.05) is 5.32 Å². The Balaban J connectivity index is 2.32. The molecule has 0 saturated heterocycles. The lowest BCUT2D eigenvalue weighted by atomic mass is 10.2. The molecule has 1 N–H and O–H groups in total. The van der Waals surface area contributed by atoms with Crippen LogP contribution in [0.3, 0.4) is 0 Å². The first-order valence-electron chi connectivity index (χ1n) is 4.44. The minimum atomic E-state index is -0.314. The number of carbonyl (C=O) groups excluding carboxylic acids is 1. The van der Waals surface area contributed by atoms with Gasteiger partial charge in [0, 0.05) is 5.39 Å². The van der Waals surface area contributed by atoms with Crippen molar-refractivity contribution in [3.8, 4) is 6.07 Å². The lowest BCUT2D eigenvalue weighted by Crippen LogP contribution is -2.10. The van der Waals surface area contributed by atoms with E-state index in [0.717, 1.165) is 5.39 Å². The third-order valence-corrected chi connectivity index (χ3v) is 2.01. The van der Waals surface area contributed by atoms with E-state index in [1.54, 1.807) is 30.5 Å². The molecule has 0 aliphatic heterocycles. The Morgan fingerprint density at radius 2 is 2.33 bits per heavy atom. The maximum absolute atomic E-state index is 11.2. The number of nitriles is 1. The fourth-order valence-electron chi connectivity index (χ4n) is 1.37. The highest BCUT2D eigenvalue weighted by Crippen LogP contribution is 2.24. The van der Waals surface area contributed by atoms with Gasteiger partial charge in [-0.2, -0.15) is 5.26 Å². The number of hydrogen-bond acceptors (Lipinski definition) is 3. The number of carbonyl (C=O) groups is 1. The van der Waals surface area contributed by atoms with Crippen molar-refractivity contribution in [2.45, 2.75) is 6.42 Å². The molecule has 0 bridgehead atoms. The molecule has 1 amide bonds. The molecule has 1 heterocycles. The Kier molecular flexibility index (Phi) is 2.38. The lowest BCUT2D eigenvalue weighted by Gasteiger charge is -2.02. The van der Waals surface area contributed by atoms with E-state index in [1.807, 2.05) is 6.07 Å². The number of hydrogen-bond donors (Lipinski definition) is 1. The second kappa shape index (κ2) is 3.84. The summed E-state index contributed by atoms with van der Waals surface area (Å²) in [5.41, 5.74) is 1.38. The molecule has 0 spiro atoms. The minimum Gasteiger partial charge on any atom is -0.464 e. The number of rotatable bonds is 2. The average molecular weight is 200 g/mol. The maximum atomic E-state index is 11.2. The number of benzene rings is 1. The first kappa shape index (κ1) is 9.28. The predicted octanol–water partition coefficient (Wildman–Crippen LogP) is 2.28. The summed E-state index contributed by atoms with van der Waals surface area (Å²) in [6.07, 6.45) is 1.42. The van der Waals surface area contributed by atoms with E-state index < -0.39 is 0 Å². The van der Waals surface area contributed by atoms with E-state index in [9.17, 15) is 4.79 Å². The third-order valence-electron chi connectivity index (χ3n) is 2.01. The molecular formula is C11H8N2O2. The van der Waals surface area contributed by atoms with Crippen LogP contribution in [-0.2, 0) is 4.79 Å². The van der Waals surface area contributed by atoms with E-state index in [0.29, 0.717) is 11.3 Å². The van der Waals surface area contributed by atoms with E-state index in [-0.39, 0.29) is 12.3 Å². The summed E-state index contributed by atoms with van der Waals surface area (Å²) in [5, 5.41) is 11.8. The molecule has 0 radical (unpaired) electrons. The predicted molar refractivity (Wildman–Crippen MR) is 55.1 cm³/mol. The van der Waals surface area contributed by atoms with Gasteiger partial charge in [0.1, 0.15) is 12.0 Å². The molecule has 4 nitrogen and oxygen atoms in total. The molecule has 0 unspecified atom stereocenters. The summed E-state index contributed by atoms with van der Waals surface area (Å²) in [7, 11) is 0. The van der Waals surface area contributed by atoms with Gasteiger partial charge in [-0.25, -0.2) is 0 Å². The fourth-order valence-corrected chi connectivity index (χ4v) is 1.37. The Morgan fingerprint density at radius 3 is 3.13 bits per heavy atom. The average Bonchev–Trinajstić information content (AvgIpc) is 2.67. The van der Waals surface area contributed by atoms with Gasteiger partial charge in [0.05, 0.1) is 18.0 Å². The van der Waals surface area contributed by atoms with Gasteiger partial charge < -0.3 is 9.73 Å². The molecule has 0 aliphatic rings. The zero-order valence-electron chi connectivity index (χ0n) is 7.86. The van der Waals surface area contributed by atoms with Gasteiger partial charge in [-0.1, -0.05) is 6.07 Å². The summed E-state index contributed by atoms with van der Waals surface area (Å²) in [5.74, 6) is -0.314. The summed E-state index contributed by atoms with van der Waals surface area (Å²) in [6.45, 7) is 0. The first-order valence-corrected chi connectivity index (χ1v) is 4.44. The fraction of sp³-hybridized carbons (Fsp3) is 0.0909. The number of amides is 1. The van der Waals surface area contributed by atoms with Crippen molar-refractivity contribution >= 4 is 22.6 Å². The Morgan fingerprint density at radius 1 is 1.47 bits per heavy atom. The molecule has 1 aromatic carbocycles. The number of furan rings is 1. The molecule has 0 atom stereocenters. The minimum absolute atomic E-state index is 0.145. The standard InChI is InChI=1S/C11H8N2O2/c12-6-4-11(14)13-9-2-1-3-10-8(9)5-7-15-10/h1-3,5,7H,4H2,(H,13,14). The molecule has 0 aliphatic carbocycles. The number of fused-ring (bicyclic) bond motifs is 1. The molecule has 4 heteroatoms. The zero-order chi connectivity index (χ0) is 10.7. The van der Waals surface area contributed by atoms with E-state index in [2.05, 4.69) is 5.32 Å². The smallest absolute Gasteiger partial charge is 0.238 e. The Hall–Kier alpha value is -2.28. The second-order valence-electron chi connectivity index (χ2n) is 3.02. The summed E-state index contributed by atoms with van der Waals surface area (Å²) >= 11 is 0.